The number of carbonyl (C=O) groups is 2. The van der Waals surface area contributed by atoms with Gasteiger partial charge in [0.2, 0.25) is 17.7 Å². The Morgan fingerprint density at radius 1 is 1.13 bits per heavy atom. The number of anilines is 1. The summed E-state index contributed by atoms with van der Waals surface area (Å²) in [5.41, 5.74) is 3.52. The molecule has 1 spiro atoms. The van der Waals surface area contributed by atoms with Crippen LogP contribution in [0.2, 0.25) is 0 Å². The molecule has 5 atom stereocenters. The summed E-state index contributed by atoms with van der Waals surface area (Å²) >= 11 is 1.36. The van der Waals surface area contributed by atoms with Crippen molar-refractivity contribution in [1.82, 2.24) is 20.6 Å². The van der Waals surface area contributed by atoms with Crippen LogP contribution in [-0.2, 0) is 28.0 Å². The van der Waals surface area contributed by atoms with E-state index in [0.717, 1.165) is 22.4 Å². The predicted octanol–water partition coefficient (Wildman–Crippen LogP) is 3.64. The van der Waals surface area contributed by atoms with E-state index in [0.29, 0.717) is 33.8 Å². The van der Waals surface area contributed by atoms with Gasteiger partial charge in [-0.3, -0.25) is 9.59 Å². The zero-order valence-corrected chi connectivity index (χ0v) is 26.1. The normalized spacial score (nSPS) is 23.7. The number of nitrogens with one attached hydrogen (secondary N) is 3. The summed E-state index contributed by atoms with van der Waals surface area (Å²) in [4.78, 5) is 36.6. The van der Waals surface area contributed by atoms with Gasteiger partial charge in [-0.15, -0.1) is 11.3 Å². The smallest absolute Gasteiger partial charge is 0.249 e. The van der Waals surface area contributed by atoms with Gasteiger partial charge < -0.3 is 35.3 Å². The molecule has 0 fully saturated rings. The Hall–Kier alpha value is -4.26. The molecule has 3 aliphatic rings. The second-order valence-corrected chi connectivity index (χ2v) is 13.4. The molecular weight excluding hydrogens is 594 g/mol. The lowest BCUT2D eigenvalue weighted by molar-refractivity contribution is -0.135. The van der Waals surface area contributed by atoms with Crippen molar-refractivity contribution in [2.24, 2.45) is 11.8 Å². The zero-order valence-electron chi connectivity index (χ0n) is 25.3. The maximum atomic E-state index is 13.9. The van der Waals surface area contributed by atoms with E-state index >= 15 is 0 Å². The number of rotatable bonds is 6. The number of hydrogen-bond donors (Lipinski definition) is 5. The van der Waals surface area contributed by atoms with E-state index in [1.807, 2.05) is 56.3 Å². The summed E-state index contributed by atoms with van der Waals surface area (Å²) in [5, 5.41) is 32.1. The van der Waals surface area contributed by atoms with Crippen LogP contribution in [0.5, 0.6) is 5.75 Å². The van der Waals surface area contributed by atoms with Crippen molar-refractivity contribution in [1.29, 1.82) is 0 Å². The molecule has 4 bridgehead atoms. The number of aromatic nitrogens is 2. The number of hydrogen-bond acceptors (Lipinski definition) is 10. The minimum absolute atomic E-state index is 0.145. The second kappa shape index (κ2) is 11.0. The zero-order chi connectivity index (χ0) is 31.6. The highest BCUT2D eigenvalue weighted by atomic mass is 32.1. The molecule has 0 saturated carbocycles. The van der Waals surface area contributed by atoms with Gasteiger partial charge in [0.25, 0.3) is 0 Å². The minimum Gasteiger partial charge on any atom is -0.469 e. The molecule has 0 saturated heterocycles. The molecule has 1 unspecified atom stereocenters. The maximum Gasteiger partial charge on any atom is 0.249 e. The molecule has 3 aliphatic heterocycles. The summed E-state index contributed by atoms with van der Waals surface area (Å²) in [6.45, 7) is 7.18. The Bertz CT molecular complexity index is 1800. The third-order valence-electron chi connectivity index (χ3n) is 8.87. The van der Waals surface area contributed by atoms with Crippen LogP contribution in [0.3, 0.4) is 0 Å². The number of fused-ring (bicyclic) bond motifs is 4. The van der Waals surface area contributed by atoms with Crippen LogP contribution in [0.25, 0.3) is 10.7 Å². The van der Waals surface area contributed by atoms with Crippen molar-refractivity contribution in [2.75, 3.05) is 5.32 Å². The molecule has 0 radical (unpaired) electrons. The largest absolute Gasteiger partial charge is 0.469 e. The van der Waals surface area contributed by atoms with Gasteiger partial charge in [0.15, 0.2) is 12.0 Å². The minimum atomic E-state index is -1.27. The highest BCUT2D eigenvalue weighted by molar-refractivity contribution is 7.13. The Morgan fingerprint density at radius 2 is 1.93 bits per heavy atom. The van der Waals surface area contributed by atoms with Gasteiger partial charge in [0.1, 0.15) is 40.1 Å². The molecular formula is C33H35N5O6S. The number of para-hydroxylation sites is 1. The predicted molar refractivity (Wildman–Crippen MR) is 167 cm³/mol. The fourth-order valence-corrected chi connectivity index (χ4v) is 7.29. The number of ether oxygens (including phenoxy) is 1. The molecule has 12 heteroatoms. The lowest BCUT2D eigenvalue weighted by atomic mass is 9.72. The van der Waals surface area contributed by atoms with Crippen molar-refractivity contribution >= 4 is 28.8 Å². The topological polar surface area (TPSA) is 159 Å². The van der Waals surface area contributed by atoms with E-state index < -0.39 is 41.6 Å². The number of benzene rings is 2. The van der Waals surface area contributed by atoms with Crippen molar-refractivity contribution < 1.29 is 29.0 Å². The average molecular weight is 630 g/mol. The van der Waals surface area contributed by atoms with Crippen molar-refractivity contribution in [3.05, 3.63) is 81.9 Å². The summed E-state index contributed by atoms with van der Waals surface area (Å²) in [7, 11) is 0. The Morgan fingerprint density at radius 3 is 2.67 bits per heavy atom. The average Bonchev–Trinajstić information content (AvgIpc) is 3.79. The fourth-order valence-electron chi connectivity index (χ4n) is 6.50. The quantitative estimate of drug-likeness (QED) is 0.215. The number of aliphatic hydroxyl groups is 2. The number of oxazole rings is 1. The third kappa shape index (κ3) is 4.62. The first-order valence-electron chi connectivity index (χ1n) is 15.1. The molecule has 2 aromatic carbocycles. The number of aliphatic hydroxyl groups excluding tert-OH is 2. The third-order valence-corrected chi connectivity index (χ3v) is 9.76. The van der Waals surface area contributed by atoms with Gasteiger partial charge >= 0.3 is 0 Å². The van der Waals surface area contributed by atoms with Gasteiger partial charge in [-0.05, 0) is 35.1 Å². The second-order valence-electron chi connectivity index (χ2n) is 12.5. The molecule has 234 valence electrons. The Kier molecular flexibility index (Phi) is 7.18. The van der Waals surface area contributed by atoms with Gasteiger partial charge in [0.05, 0.1) is 12.3 Å². The van der Waals surface area contributed by atoms with Crippen LogP contribution in [-0.4, -0.2) is 50.4 Å². The van der Waals surface area contributed by atoms with E-state index in [2.05, 4.69) is 20.9 Å². The van der Waals surface area contributed by atoms with Crippen molar-refractivity contribution in [3.63, 3.8) is 0 Å². The van der Waals surface area contributed by atoms with Crippen molar-refractivity contribution in [2.45, 2.75) is 70.6 Å². The van der Waals surface area contributed by atoms with Crippen LogP contribution in [0.4, 0.5) is 5.69 Å². The highest BCUT2D eigenvalue weighted by Crippen LogP contribution is 2.59. The molecule has 2 aromatic heterocycles. The first-order chi connectivity index (χ1) is 21.6. The molecule has 5 N–H and O–H groups in total. The van der Waals surface area contributed by atoms with Crippen LogP contribution in [0, 0.1) is 11.8 Å². The van der Waals surface area contributed by atoms with Crippen LogP contribution in [0.15, 0.2) is 52.3 Å². The monoisotopic (exact) mass is 629 g/mol. The van der Waals surface area contributed by atoms with Crippen LogP contribution < -0.4 is 20.7 Å². The standard InChI is InChI=1S/C33H35N5O6S/c1-15(2)24-30-38-25(31-34-18(13-39)14-45-31)27(44-30)33-19-7-5-6-8-21(19)36-32(33)43-23-10-9-17(11-20(23)33)12-22(28(41)37-24)35-29(42)26(40)16(3)4/h5-11,14-16,22,24,26,32,36,39-40H,12-13H2,1-4H3,(H,35,42)(H,37,41)/t22-,24-,26-,32+,33?/m0/s1. The van der Waals surface area contributed by atoms with Crippen LogP contribution in [0.1, 0.15) is 67.8 Å². The van der Waals surface area contributed by atoms with Gasteiger partial charge in [0, 0.05) is 23.1 Å². The van der Waals surface area contributed by atoms with Crippen molar-refractivity contribution in [3.8, 4) is 16.5 Å². The summed E-state index contributed by atoms with van der Waals surface area (Å²) in [6, 6.07) is 12.1. The first-order valence-corrected chi connectivity index (χ1v) is 16.0. The molecule has 0 aliphatic carbocycles. The summed E-state index contributed by atoms with van der Waals surface area (Å²) in [5.74, 6) is -0.0327. The summed E-state index contributed by atoms with van der Waals surface area (Å²) in [6.07, 6.45) is -1.65. The van der Waals surface area contributed by atoms with E-state index in [-0.39, 0.29) is 24.9 Å². The number of nitrogens with zero attached hydrogens (tertiary/aromatic N) is 2. The summed E-state index contributed by atoms with van der Waals surface area (Å²) < 4.78 is 13.4. The van der Waals surface area contributed by atoms with E-state index in [9.17, 15) is 19.8 Å². The SMILES string of the molecule is CC(C)[C@H](O)C(=O)N[C@H]1Cc2ccc3c(c2)C2(c4ccccc4N[C@@H]2O3)c2oc(nc2-c2nc(CO)cs2)[C@H](C(C)C)NC1=O. The molecule has 45 heavy (non-hydrogen) atoms. The van der Waals surface area contributed by atoms with Crippen LogP contribution >= 0.6 is 11.3 Å². The molecule has 2 amide bonds. The van der Waals surface area contributed by atoms with Gasteiger partial charge in [-0.1, -0.05) is 58.0 Å². The molecule has 5 heterocycles. The van der Waals surface area contributed by atoms with Gasteiger partial charge in [-0.25, -0.2) is 9.97 Å². The molecule has 7 rings (SSSR count). The number of carbonyl (C=O) groups excluding carboxylic acids is 2. The van der Waals surface area contributed by atoms with Gasteiger partial charge in [-0.2, -0.15) is 0 Å². The van der Waals surface area contributed by atoms with E-state index in [4.69, 9.17) is 14.1 Å². The number of amides is 2. The fraction of sp³-hybridized carbons (Fsp3) is 0.394. The molecule has 11 nitrogen and oxygen atoms in total. The maximum absolute atomic E-state index is 13.9. The Labute approximate surface area is 264 Å². The number of thiazole rings is 1. The highest BCUT2D eigenvalue weighted by Gasteiger charge is 2.61. The Balaban J connectivity index is 1.48. The lowest BCUT2D eigenvalue weighted by Crippen LogP contribution is -2.52. The lowest BCUT2D eigenvalue weighted by Gasteiger charge is -2.29. The molecule has 4 aromatic rings. The van der Waals surface area contributed by atoms with E-state index in [1.54, 1.807) is 19.2 Å². The van der Waals surface area contributed by atoms with E-state index in [1.165, 1.54) is 11.3 Å². The first kappa shape index (κ1) is 29.5.